The second kappa shape index (κ2) is 10.4. The molecule has 0 spiro atoms. The lowest BCUT2D eigenvalue weighted by atomic mass is 9.97. The molecule has 0 radical (unpaired) electrons. The van der Waals surface area contributed by atoms with E-state index in [9.17, 15) is 5.48 Å². The molecular formula is C48H30N2. The van der Waals surface area contributed by atoms with Crippen LogP contribution in [0.15, 0.2) is 182 Å². The summed E-state index contributed by atoms with van der Waals surface area (Å²) in [5.41, 5.74) is 6.14. The predicted molar refractivity (Wildman–Crippen MR) is 213 cm³/mol. The van der Waals surface area contributed by atoms with Crippen molar-refractivity contribution in [2.24, 2.45) is 0 Å². The zero-order valence-electron chi connectivity index (χ0n) is 30.9. The van der Waals surface area contributed by atoms with Gasteiger partial charge in [-0.2, -0.15) is 0 Å². The van der Waals surface area contributed by atoms with Crippen molar-refractivity contribution in [2.75, 3.05) is 0 Å². The first-order chi connectivity index (χ1) is 26.5. The molecule has 0 aliphatic rings. The highest BCUT2D eigenvalue weighted by Gasteiger charge is 2.20. The van der Waals surface area contributed by atoms with E-state index < -0.39 is 0 Å². The number of para-hydroxylation sites is 2. The summed E-state index contributed by atoms with van der Waals surface area (Å²) in [6, 6.07) is 53.8. The molecule has 0 aliphatic heterocycles. The highest BCUT2D eigenvalue weighted by molar-refractivity contribution is 6.25. The quantitative estimate of drug-likeness (QED) is 0.170. The average Bonchev–Trinajstić information content (AvgIpc) is 3.71. The van der Waals surface area contributed by atoms with Gasteiger partial charge >= 0.3 is 0 Å². The molecule has 50 heavy (non-hydrogen) atoms. The van der Waals surface area contributed by atoms with Gasteiger partial charge in [-0.25, -0.2) is 0 Å². The van der Waals surface area contributed by atoms with E-state index in [4.69, 9.17) is 0 Å². The molecule has 9 aromatic carbocycles. The molecular weight excluding hydrogens is 605 g/mol. The third kappa shape index (κ3) is 3.90. The number of fused-ring (bicyclic) bond motifs is 11. The van der Waals surface area contributed by atoms with Crippen molar-refractivity contribution in [1.82, 2.24) is 9.13 Å². The summed E-state index contributed by atoms with van der Waals surface area (Å²) < 4.78 is 42.0. The van der Waals surface area contributed by atoms with Crippen LogP contribution in [0, 0.1) is 0 Å². The van der Waals surface area contributed by atoms with Crippen molar-refractivity contribution < 1.29 is 5.48 Å². The summed E-state index contributed by atoms with van der Waals surface area (Å²) in [5.74, 6) is 0. The maximum Gasteiger partial charge on any atom is 0.0651 e. The van der Waals surface area contributed by atoms with Crippen molar-refractivity contribution in [1.29, 1.82) is 0 Å². The van der Waals surface area contributed by atoms with Crippen LogP contribution >= 0.6 is 0 Å². The number of rotatable bonds is 3. The normalized spacial score (nSPS) is 13.1. The Kier molecular flexibility index (Phi) is 4.93. The molecule has 232 valence electrons. The third-order valence-electron chi connectivity index (χ3n) is 10.3. The van der Waals surface area contributed by atoms with Gasteiger partial charge in [0.1, 0.15) is 0 Å². The van der Waals surface area contributed by atoms with Gasteiger partial charge in [0.25, 0.3) is 0 Å². The van der Waals surface area contributed by atoms with Crippen LogP contribution in [0.4, 0.5) is 0 Å². The predicted octanol–water partition coefficient (Wildman–Crippen LogP) is 13.0. The minimum atomic E-state index is -0.204. The second-order valence-corrected chi connectivity index (χ2v) is 13.0. The maximum atomic E-state index is 9.90. The second-order valence-electron chi connectivity index (χ2n) is 13.0. The topological polar surface area (TPSA) is 9.86 Å². The molecule has 2 aromatic heterocycles. The van der Waals surface area contributed by atoms with E-state index in [1.54, 1.807) is 0 Å². The van der Waals surface area contributed by atoms with Gasteiger partial charge < -0.3 is 9.13 Å². The number of nitrogens with zero attached hydrogens (tertiary/aromatic N) is 2. The molecule has 0 N–H and O–H groups in total. The van der Waals surface area contributed by atoms with Crippen molar-refractivity contribution in [3.63, 3.8) is 0 Å². The van der Waals surface area contributed by atoms with E-state index in [1.807, 2.05) is 59.2 Å². The molecule has 0 fully saturated rings. The standard InChI is InChI=1S/C48H30N2/c1-2-14-36(15-3-1)49-44-20-9-8-19-40(44)42-29-43-47(30-46(42)49)50(45-26-25-32-12-5-7-18-39(32)48(43)45)37-16-10-13-34(27-37)35-24-23-33-22-21-31-11-4-6-17-38(31)41(33)28-35/h1-30H/i10D,13D,16D,27D. The van der Waals surface area contributed by atoms with E-state index in [-0.39, 0.29) is 24.2 Å². The number of aromatic nitrogens is 2. The summed E-state index contributed by atoms with van der Waals surface area (Å²) in [6.45, 7) is 0. The Labute approximate surface area is 294 Å². The van der Waals surface area contributed by atoms with Crippen molar-refractivity contribution in [3.8, 4) is 22.5 Å². The first-order valence-corrected chi connectivity index (χ1v) is 16.9. The third-order valence-corrected chi connectivity index (χ3v) is 10.3. The van der Waals surface area contributed by atoms with Crippen LogP contribution in [0.1, 0.15) is 5.48 Å². The van der Waals surface area contributed by atoms with Crippen LogP contribution in [-0.2, 0) is 0 Å². The molecule has 2 heterocycles. The monoisotopic (exact) mass is 638 g/mol. The van der Waals surface area contributed by atoms with Gasteiger partial charge in [0.2, 0.25) is 0 Å². The summed E-state index contributed by atoms with van der Waals surface area (Å²) in [5, 5.41) is 10.7. The first-order valence-electron chi connectivity index (χ1n) is 18.9. The van der Waals surface area contributed by atoms with Gasteiger partial charge in [0.05, 0.1) is 27.5 Å². The van der Waals surface area contributed by atoms with Gasteiger partial charge in [-0.3, -0.25) is 0 Å². The van der Waals surface area contributed by atoms with Crippen LogP contribution in [-0.4, -0.2) is 9.13 Å². The van der Waals surface area contributed by atoms with Crippen LogP contribution in [0.25, 0.3) is 98.4 Å². The summed E-state index contributed by atoms with van der Waals surface area (Å²) in [6.07, 6.45) is 0. The molecule has 0 amide bonds. The number of benzene rings is 9. The van der Waals surface area contributed by atoms with Gasteiger partial charge in [-0.15, -0.1) is 0 Å². The Morgan fingerprint density at radius 3 is 1.86 bits per heavy atom. The molecule has 0 saturated heterocycles. The van der Waals surface area contributed by atoms with E-state index in [0.717, 1.165) is 81.6 Å². The minimum absolute atomic E-state index is 0.0521. The lowest BCUT2D eigenvalue weighted by Crippen LogP contribution is -1.96. The molecule has 2 nitrogen and oxygen atoms in total. The Morgan fingerprint density at radius 2 is 1.00 bits per heavy atom. The smallest absolute Gasteiger partial charge is 0.0651 e. The van der Waals surface area contributed by atoms with Crippen LogP contribution in [0.5, 0.6) is 0 Å². The zero-order chi connectivity index (χ0) is 36.2. The van der Waals surface area contributed by atoms with Crippen LogP contribution in [0.2, 0.25) is 0 Å². The zero-order valence-corrected chi connectivity index (χ0v) is 26.9. The highest BCUT2D eigenvalue weighted by Crippen LogP contribution is 2.42. The Morgan fingerprint density at radius 1 is 0.360 bits per heavy atom. The van der Waals surface area contributed by atoms with E-state index >= 15 is 0 Å². The fourth-order valence-electron chi connectivity index (χ4n) is 8.09. The Bertz CT molecular complexity index is 3380. The summed E-state index contributed by atoms with van der Waals surface area (Å²) in [7, 11) is 0. The minimum Gasteiger partial charge on any atom is -0.309 e. The van der Waals surface area contributed by atoms with Gasteiger partial charge in [-0.05, 0) is 98.0 Å². The molecule has 0 unspecified atom stereocenters. The molecule has 11 rings (SSSR count). The molecule has 0 bridgehead atoms. The summed E-state index contributed by atoms with van der Waals surface area (Å²) in [4.78, 5) is 0. The number of hydrogen-bond donors (Lipinski definition) is 0. The van der Waals surface area contributed by atoms with E-state index in [0.29, 0.717) is 16.8 Å². The van der Waals surface area contributed by atoms with Crippen molar-refractivity contribution >= 4 is 75.9 Å². The molecule has 11 aromatic rings. The number of hydrogen-bond acceptors (Lipinski definition) is 0. The van der Waals surface area contributed by atoms with Crippen LogP contribution in [0.3, 0.4) is 0 Å². The Hall–Kier alpha value is -6.64. The first kappa shape index (κ1) is 23.6. The maximum absolute atomic E-state index is 9.90. The van der Waals surface area contributed by atoms with Gasteiger partial charge in [0, 0.05) is 32.9 Å². The van der Waals surface area contributed by atoms with E-state index in [1.165, 1.54) is 0 Å². The largest absolute Gasteiger partial charge is 0.309 e. The highest BCUT2D eigenvalue weighted by atomic mass is 15.0. The van der Waals surface area contributed by atoms with E-state index in [2.05, 4.69) is 108 Å². The van der Waals surface area contributed by atoms with Gasteiger partial charge in [0.15, 0.2) is 0 Å². The molecule has 0 saturated carbocycles. The fourth-order valence-corrected chi connectivity index (χ4v) is 8.09. The Balaban J connectivity index is 1.29. The fraction of sp³-hybridized carbons (Fsp3) is 0. The van der Waals surface area contributed by atoms with Crippen LogP contribution < -0.4 is 0 Å². The lowest BCUT2D eigenvalue weighted by molar-refractivity contribution is 1.17. The molecule has 0 atom stereocenters. The average molecular weight is 639 g/mol. The SMILES string of the molecule is [2H]c1c([2H])c(-c2ccc3ccc4ccccc4c3c2)c([2H])c(-n2c3cc4c(cc3c3c5ccccc5ccc32)c2ccccc2n4-c2ccccc2)c1[2H]. The lowest BCUT2D eigenvalue weighted by Gasteiger charge is -2.12. The molecule has 0 aliphatic carbocycles. The van der Waals surface area contributed by atoms with Gasteiger partial charge in [-0.1, -0.05) is 127 Å². The van der Waals surface area contributed by atoms with Crippen molar-refractivity contribution in [2.45, 2.75) is 0 Å². The van der Waals surface area contributed by atoms with Crippen molar-refractivity contribution in [3.05, 3.63) is 182 Å². The molecule has 2 heteroatoms. The summed E-state index contributed by atoms with van der Waals surface area (Å²) >= 11 is 0.